The highest BCUT2D eigenvalue weighted by molar-refractivity contribution is 5.95. The number of amides is 1. The molecule has 1 unspecified atom stereocenters. The van der Waals surface area contributed by atoms with Gasteiger partial charge in [-0.25, -0.2) is 0 Å². The first-order chi connectivity index (χ1) is 9.61. The van der Waals surface area contributed by atoms with E-state index in [4.69, 9.17) is 5.73 Å². The maximum Gasteiger partial charge on any atom is 0.255 e. The first-order valence-electron chi connectivity index (χ1n) is 7.33. The minimum absolute atomic E-state index is 0.0122. The molecule has 20 heavy (non-hydrogen) atoms. The van der Waals surface area contributed by atoms with Gasteiger partial charge in [0.1, 0.15) is 0 Å². The summed E-state index contributed by atoms with van der Waals surface area (Å²) in [7, 11) is 2.09. The van der Waals surface area contributed by atoms with Gasteiger partial charge in [0.05, 0.1) is 11.8 Å². The molecule has 3 N–H and O–H groups in total. The summed E-state index contributed by atoms with van der Waals surface area (Å²) in [6.07, 6.45) is 4.72. The van der Waals surface area contributed by atoms with Crippen molar-refractivity contribution < 1.29 is 4.79 Å². The third-order valence-electron chi connectivity index (χ3n) is 3.88. The fourth-order valence-electron chi connectivity index (χ4n) is 2.68. The molecule has 112 valence electrons. The predicted molar refractivity (Wildman–Crippen MR) is 78.6 cm³/mol. The monoisotopic (exact) mass is 279 g/mol. The zero-order valence-corrected chi connectivity index (χ0v) is 12.4. The summed E-state index contributed by atoms with van der Waals surface area (Å²) in [6, 6.07) is 0.244. The van der Waals surface area contributed by atoms with E-state index in [-0.39, 0.29) is 11.9 Å². The van der Waals surface area contributed by atoms with Crippen molar-refractivity contribution in [2.24, 2.45) is 5.73 Å². The number of piperidine rings is 1. The molecule has 0 bridgehead atoms. The second-order valence-electron chi connectivity index (χ2n) is 5.58. The van der Waals surface area contributed by atoms with Gasteiger partial charge in [-0.1, -0.05) is 0 Å². The van der Waals surface area contributed by atoms with E-state index in [2.05, 4.69) is 22.4 Å². The second kappa shape index (κ2) is 6.85. The topological polar surface area (TPSA) is 76.2 Å². The number of nitrogens with zero attached hydrogens (tertiary/aromatic N) is 3. The van der Waals surface area contributed by atoms with Crippen LogP contribution in [-0.2, 0) is 6.54 Å². The van der Waals surface area contributed by atoms with E-state index < -0.39 is 0 Å². The Hall–Kier alpha value is -1.40. The smallest absolute Gasteiger partial charge is 0.255 e. The van der Waals surface area contributed by atoms with E-state index in [1.165, 1.54) is 0 Å². The van der Waals surface area contributed by atoms with Gasteiger partial charge in [-0.3, -0.25) is 9.48 Å². The lowest BCUT2D eigenvalue weighted by Gasteiger charge is -2.30. The summed E-state index contributed by atoms with van der Waals surface area (Å²) in [5, 5.41) is 7.39. The van der Waals surface area contributed by atoms with E-state index in [0.29, 0.717) is 12.1 Å². The van der Waals surface area contributed by atoms with Gasteiger partial charge in [-0.2, -0.15) is 5.10 Å². The Morgan fingerprint density at radius 3 is 3.10 bits per heavy atom. The predicted octanol–water partition coefficient (Wildman–Crippen LogP) is 0.364. The molecule has 1 aliphatic rings. The fraction of sp³-hybridized carbons (Fsp3) is 0.714. The summed E-state index contributed by atoms with van der Waals surface area (Å²) in [5.74, 6) is -0.0122. The van der Waals surface area contributed by atoms with Crippen LogP contribution in [0.4, 0.5) is 0 Å². The van der Waals surface area contributed by atoms with Gasteiger partial charge in [-0.15, -0.1) is 0 Å². The van der Waals surface area contributed by atoms with Crippen molar-refractivity contribution in [3.05, 3.63) is 17.5 Å². The van der Waals surface area contributed by atoms with Gasteiger partial charge in [0.15, 0.2) is 0 Å². The van der Waals surface area contributed by atoms with Gasteiger partial charge >= 0.3 is 0 Å². The van der Waals surface area contributed by atoms with E-state index >= 15 is 0 Å². The summed E-state index contributed by atoms with van der Waals surface area (Å²) >= 11 is 0. The Morgan fingerprint density at radius 2 is 2.40 bits per heavy atom. The zero-order valence-electron chi connectivity index (χ0n) is 12.4. The molecule has 1 aliphatic heterocycles. The van der Waals surface area contributed by atoms with Crippen LogP contribution in [0.2, 0.25) is 0 Å². The molecule has 1 amide bonds. The molecule has 1 atom stereocenters. The minimum Gasteiger partial charge on any atom is -0.348 e. The molecule has 0 saturated carbocycles. The highest BCUT2D eigenvalue weighted by atomic mass is 16.1. The average molecular weight is 279 g/mol. The van der Waals surface area contributed by atoms with Crippen LogP contribution < -0.4 is 11.1 Å². The Kier molecular flexibility index (Phi) is 5.14. The van der Waals surface area contributed by atoms with Gasteiger partial charge < -0.3 is 16.0 Å². The number of aromatic nitrogens is 2. The van der Waals surface area contributed by atoms with Crippen molar-refractivity contribution in [2.75, 3.05) is 26.7 Å². The molecule has 1 aromatic rings. The Morgan fingerprint density at radius 1 is 1.60 bits per heavy atom. The summed E-state index contributed by atoms with van der Waals surface area (Å²) in [6.45, 7) is 5.37. The third-order valence-corrected chi connectivity index (χ3v) is 3.88. The lowest BCUT2D eigenvalue weighted by molar-refractivity contribution is 0.0912. The van der Waals surface area contributed by atoms with Crippen molar-refractivity contribution in [1.29, 1.82) is 0 Å². The summed E-state index contributed by atoms with van der Waals surface area (Å²) in [4.78, 5) is 14.6. The van der Waals surface area contributed by atoms with Crippen LogP contribution in [0.3, 0.4) is 0 Å². The number of hydrogen-bond donors (Lipinski definition) is 2. The highest BCUT2D eigenvalue weighted by Gasteiger charge is 2.21. The number of rotatable bonds is 5. The molecule has 2 rings (SSSR count). The molecule has 0 aliphatic carbocycles. The van der Waals surface area contributed by atoms with Crippen LogP contribution in [0, 0.1) is 6.92 Å². The molecule has 2 heterocycles. The lowest BCUT2D eigenvalue weighted by Crippen LogP contribution is -2.46. The standard InChI is InChI=1S/C14H25N5O/c1-11-13(9-16-19(11)8-4-6-15)14(20)17-12-5-3-7-18(2)10-12/h9,12H,3-8,10,15H2,1-2H3,(H,17,20). The molecule has 6 heteroatoms. The molecule has 0 spiro atoms. The van der Waals surface area contributed by atoms with E-state index in [1.54, 1.807) is 6.20 Å². The molecular weight excluding hydrogens is 254 g/mol. The van der Waals surface area contributed by atoms with E-state index in [1.807, 2.05) is 11.6 Å². The fourth-order valence-corrected chi connectivity index (χ4v) is 2.68. The van der Waals surface area contributed by atoms with Crippen LogP contribution >= 0.6 is 0 Å². The first kappa shape index (κ1) is 15.0. The molecule has 1 fully saturated rings. The Balaban J connectivity index is 1.96. The number of aryl methyl sites for hydroxylation is 1. The third kappa shape index (κ3) is 3.58. The van der Waals surface area contributed by atoms with Gasteiger partial charge in [0.2, 0.25) is 0 Å². The molecule has 6 nitrogen and oxygen atoms in total. The van der Waals surface area contributed by atoms with Crippen LogP contribution in [0.1, 0.15) is 35.3 Å². The molecule has 1 aromatic heterocycles. The lowest BCUT2D eigenvalue weighted by atomic mass is 10.1. The zero-order chi connectivity index (χ0) is 14.5. The maximum atomic E-state index is 12.3. The van der Waals surface area contributed by atoms with E-state index in [9.17, 15) is 4.79 Å². The maximum absolute atomic E-state index is 12.3. The van der Waals surface area contributed by atoms with Crippen molar-refractivity contribution in [3.63, 3.8) is 0 Å². The highest BCUT2D eigenvalue weighted by Crippen LogP contribution is 2.11. The second-order valence-corrected chi connectivity index (χ2v) is 5.58. The average Bonchev–Trinajstić information content (AvgIpc) is 2.78. The van der Waals surface area contributed by atoms with Gasteiger partial charge in [-0.05, 0) is 46.3 Å². The van der Waals surface area contributed by atoms with Crippen molar-refractivity contribution in [2.45, 2.75) is 38.8 Å². The normalized spacial score (nSPS) is 20.1. The summed E-state index contributed by atoms with van der Waals surface area (Å²) < 4.78 is 1.86. The quantitative estimate of drug-likeness (QED) is 0.816. The molecule has 0 radical (unpaired) electrons. The van der Waals surface area contributed by atoms with Crippen molar-refractivity contribution in [3.8, 4) is 0 Å². The SMILES string of the molecule is Cc1c(C(=O)NC2CCCN(C)C2)cnn1CCCN. The first-order valence-corrected chi connectivity index (χ1v) is 7.33. The molecular formula is C14H25N5O. The van der Waals surface area contributed by atoms with Crippen LogP contribution in [-0.4, -0.2) is 53.3 Å². The van der Waals surface area contributed by atoms with Gasteiger partial charge in [0.25, 0.3) is 5.91 Å². The van der Waals surface area contributed by atoms with Crippen molar-refractivity contribution >= 4 is 5.91 Å². The number of hydrogen-bond acceptors (Lipinski definition) is 4. The van der Waals surface area contributed by atoms with Crippen LogP contribution in [0.5, 0.6) is 0 Å². The van der Waals surface area contributed by atoms with Crippen molar-refractivity contribution in [1.82, 2.24) is 20.0 Å². The number of nitrogens with one attached hydrogen (secondary N) is 1. The largest absolute Gasteiger partial charge is 0.348 e. The number of carbonyl (C=O) groups is 1. The number of carbonyl (C=O) groups excluding carboxylic acids is 1. The van der Waals surface area contributed by atoms with E-state index in [0.717, 1.165) is 44.6 Å². The molecule has 1 saturated heterocycles. The molecule has 0 aromatic carbocycles. The Labute approximate surface area is 120 Å². The minimum atomic E-state index is -0.0122. The van der Waals surface area contributed by atoms with Crippen LogP contribution in [0.25, 0.3) is 0 Å². The van der Waals surface area contributed by atoms with Gasteiger partial charge in [0, 0.05) is 24.8 Å². The summed E-state index contributed by atoms with van der Waals surface area (Å²) in [5.41, 5.74) is 7.10. The Bertz CT molecular complexity index is 456. The van der Waals surface area contributed by atoms with Crippen LogP contribution in [0.15, 0.2) is 6.20 Å². The number of likely N-dealkylation sites (tertiary alicyclic amines) is 1. The number of likely N-dealkylation sites (N-methyl/N-ethyl adjacent to an activating group) is 1. The number of nitrogens with two attached hydrogens (primary N) is 1.